The van der Waals surface area contributed by atoms with E-state index in [0.29, 0.717) is 11.1 Å². The largest absolute Gasteiger partial charge is 0.465 e. The maximum Gasteiger partial charge on any atom is 0.337 e. The van der Waals surface area contributed by atoms with Crippen LogP contribution in [0, 0.1) is 0 Å². The highest BCUT2D eigenvalue weighted by Gasteiger charge is 2.18. The Morgan fingerprint density at radius 3 is 2.19 bits per heavy atom. The Labute approximate surface area is 122 Å². The van der Waals surface area contributed by atoms with Gasteiger partial charge in [0.1, 0.15) is 6.04 Å². The third-order valence-electron chi connectivity index (χ3n) is 3.03. The van der Waals surface area contributed by atoms with Crippen molar-refractivity contribution in [2.45, 2.75) is 6.04 Å². The van der Waals surface area contributed by atoms with Crippen molar-refractivity contribution in [3.8, 4) is 0 Å². The molecule has 0 saturated heterocycles. The third-order valence-corrected chi connectivity index (χ3v) is 3.03. The van der Waals surface area contributed by atoms with Crippen molar-refractivity contribution in [1.29, 1.82) is 0 Å². The number of carbonyl (C=O) groups is 2. The maximum absolute atomic E-state index is 11.6. The summed E-state index contributed by atoms with van der Waals surface area (Å²) in [5.41, 5.74) is 7.34. The predicted molar refractivity (Wildman–Crippen MR) is 79.8 cm³/mol. The van der Waals surface area contributed by atoms with Crippen molar-refractivity contribution in [2.75, 3.05) is 12.4 Å². The lowest BCUT2D eigenvalue weighted by Gasteiger charge is -2.17. The molecule has 3 N–H and O–H groups in total. The maximum atomic E-state index is 11.6. The number of anilines is 1. The van der Waals surface area contributed by atoms with Gasteiger partial charge >= 0.3 is 5.97 Å². The van der Waals surface area contributed by atoms with Crippen LogP contribution in [0.4, 0.5) is 5.69 Å². The Morgan fingerprint density at radius 1 is 1.05 bits per heavy atom. The van der Waals surface area contributed by atoms with E-state index in [2.05, 4.69) is 10.1 Å². The van der Waals surface area contributed by atoms with Crippen molar-refractivity contribution in [1.82, 2.24) is 0 Å². The minimum atomic E-state index is -0.668. The lowest BCUT2D eigenvalue weighted by Crippen LogP contribution is -2.27. The smallest absolute Gasteiger partial charge is 0.337 e. The van der Waals surface area contributed by atoms with Crippen molar-refractivity contribution in [3.63, 3.8) is 0 Å². The minimum absolute atomic E-state index is 0.421. The van der Waals surface area contributed by atoms with Crippen LogP contribution in [0.25, 0.3) is 0 Å². The molecule has 0 aliphatic rings. The van der Waals surface area contributed by atoms with Crippen LogP contribution in [0.5, 0.6) is 0 Å². The highest BCUT2D eigenvalue weighted by atomic mass is 16.5. The molecule has 0 aliphatic heterocycles. The molecular weight excluding hydrogens is 268 g/mol. The van der Waals surface area contributed by atoms with Gasteiger partial charge in [-0.3, -0.25) is 4.79 Å². The molecule has 5 nitrogen and oxygen atoms in total. The molecule has 108 valence electrons. The van der Waals surface area contributed by atoms with Gasteiger partial charge in [-0.25, -0.2) is 4.79 Å². The Bertz CT molecular complexity index is 624. The predicted octanol–water partition coefficient (Wildman–Crippen LogP) is 2.11. The molecule has 2 aromatic carbocycles. The van der Waals surface area contributed by atoms with Gasteiger partial charge < -0.3 is 15.8 Å². The van der Waals surface area contributed by atoms with E-state index in [1.165, 1.54) is 7.11 Å². The molecule has 1 unspecified atom stereocenters. The normalized spacial score (nSPS) is 11.5. The van der Waals surface area contributed by atoms with Gasteiger partial charge in [-0.05, 0) is 29.8 Å². The molecule has 1 amide bonds. The summed E-state index contributed by atoms with van der Waals surface area (Å²) in [6.45, 7) is 0. The molecule has 0 aromatic heterocycles. The monoisotopic (exact) mass is 284 g/mol. The molecule has 2 aromatic rings. The van der Waals surface area contributed by atoms with Gasteiger partial charge in [0.05, 0.1) is 12.7 Å². The van der Waals surface area contributed by atoms with Crippen LogP contribution in [-0.2, 0) is 9.53 Å². The number of esters is 1. The standard InChI is InChI=1S/C16H16N2O3/c1-21-16(20)12-9-7-11(8-10-12)14(15(17)19)18-13-5-3-2-4-6-13/h2-10,14,18H,1H3,(H2,17,19). The van der Waals surface area contributed by atoms with E-state index >= 15 is 0 Å². The summed E-state index contributed by atoms with van der Waals surface area (Å²) in [4.78, 5) is 23.0. The summed E-state index contributed by atoms with van der Waals surface area (Å²) in [6.07, 6.45) is 0. The van der Waals surface area contributed by atoms with E-state index in [4.69, 9.17) is 5.73 Å². The zero-order valence-corrected chi connectivity index (χ0v) is 11.6. The van der Waals surface area contributed by atoms with Gasteiger partial charge in [0.25, 0.3) is 0 Å². The first-order valence-electron chi connectivity index (χ1n) is 6.41. The Hall–Kier alpha value is -2.82. The van der Waals surface area contributed by atoms with Crippen LogP contribution in [0.15, 0.2) is 54.6 Å². The fourth-order valence-electron chi connectivity index (χ4n) is 1.95. The summed E-state index contributed by atoms with van der Waals surface area (Å²) in [5.74, 6) is -0.919. The molecule has 21 heavy (non-hydrogen) atoms. The molecule has 1 atom stereocenters. The molecule has 0 spiro atoms. The molecule has 0 bridgehead atoms. The summed E-state index contributed by atoms with van der Waals surface area (Å²) >= 11 is 0. The van der Waals surface area contributed by atoms with Crippen LogP contribution in [-0.4, -0.2) is 19.0 Å². The third kappa shape index (κ3) is 3.60. The van der Waals surface area contributed by atoms with Crippen molar-refractivity contribution in [2.24, 2.45) is 5.73 Å². The number of benzene rings is 2. The number of hydrogen-bond acceptors (Lipinski definition) is 4. The number of primary amides is 1. The van der Waals surface area contributed by atoms with E-state index in [1.807, 2.05) is 30.3 Å². The van der Waals surface area contributed by atoms with Crippen molar-refractivity contribution < 1.29 is 14.3 Å². The average Bonchev–Trinajstić information content (AvgIpc) is 2.53. The Kier molecular flexibility index (Phi) is 4.56. The van der Waals surface area contributed by atoms with Gasteiger partial charge in [-0.1, -0.05) is 30.3 Å². The van der Waals surface area contributed by atoms with Crippen LogP contribution >= 0.6 is 0 Å². The summed E-state index contributed by atoms with van der Waals surface area (Å²) < 4.78 is 4.63. The van der Waals surface area contributed by atoms with Crippen LogP contribution in [0.3, 0.4) is 0 Å². The number of hydrogen-bond donors (Lipinski definition) is 2. The number of para-hydroxylation sites is 1. The first-order valence-corrected chi connectivity index (χ1v) is 6.41. The molecule has 2 rings (SSSR count). The van der Waals surface area contributed by atoms with E-state index < -0.39 is 17.9 Å². The summed E-state index contributed by atoms with van der Waals surface area (Å²) in [6, 6.07) is 15.2. The van der Waals surface area contributed by atoms with Crippen LogP contribution in [0.1, 0.15) is 22.0 Å². The number of carbonyl (C=O) groups excluding carboxylic acids is 2. The lowest BCUT2D eigenvalue weighted by molar-refractivity contribution is -0.118. The van der Waals surface area contributed by atoms with Crippen LogP contribution < -0.4 is 11.1 Å². The fourth-order valence-corrected chi connectivity index (χ4v) is 1.95. The molecule has 5 heteroatoms. The molecule has 0 fully saturated rings. The Balaban J connectivity index is 2.22. The molecule has 0 aliphatic carbocycles. The van der Waals surface area contributed by atoms with Gasteiger partial charge in [-0.2, -0.15) is 0 Å². The molecule has 0 heterocycles. The molecular formula is C16H16N2O3. The number of ether oxygens (including phenoxy) is 1. The van der Waals surface area contributed by atoms with Gasteiger partial charge in [0, 0.05) is 5.69 Å². The average molecular weight is 284 g/mol. The summed E-state index contributed by atoms with van der Waals surface area (Å²) in [5, 5.41) is 3.07. The van der Waals surface area contributed by atoms with Crippen LogP contribution in [0.2, 0.25) is 0 Å². The minimum Gasteiger partial charge on any atom is -0.465 e. The first-order chi connectivity index (χ1) is 10.1. The second kappa shape index (κ2) is 6.56. The quantitative estimate of drug-likeness (QED) is 0.824. The van der Waals surface area contributed by atoms with E-state index in [0.717, 1.165) is 5.69 Å². The number of amides is 1. The SMILES string of the molecule is COC(=O)c1ccc(C(Nc2ccccc2)C(N)=O)cc1. The number of nitrogens with two attached hydrogens (primary N) is 1. The lowest BCUT2D eigenvalue weighted by atomic mass is 10.0. The number of methoxy groups -OCH3 is 1. The van der Waals surface area contributed by atoms with Gasteiger partial charge in [0.2, 0.25) is 5.91 Å². The summed E-state index contributed by atoms with van der Waals surface area (Å²) in [7, 11) is 1.32. The van der Waals surface area contributed by atoms with Gasteiger partial charge in [0.15, 0.2) is 0 Å². The first kappa shape index (κ1) is 14.6. The molecule has 0 radical (unpaired) electrons. The zero-order valence-electron chi connectivity index (χ0n) is 11.6. The number of nitrogens with one attached hydrogen (secondary N) is 1. The highest BCUT2D eigenvalue weighted by molar-refractivity contribution is 5.90. The van der Waals surface area contributed by atoms with E-state index in [9.17, 15) is 9.59 Å². The second-order valence-corrected chi connectivity index (χ2v) is 4.46. The van der Waals surface area contributed by atoms with E-state index in [-0.39, 0.29) is 0 Å². The fraction of sp³-hybridized carbons (Fsp3) is 0.125. The zero-order chi connectivity index (χ0) is 15.2. The van der Waals surface area contributed by atoms with Crippen molar-refractivity contribution in [3.05, 3.63) is 65.7 Å². The highest BCUT2D eigenvalue weighted by Crippen LogP contribution is 2.20. The van der Waals surface area contributed by atoms with Gasteiger partial charge in [-0.15, -0.1) is 0 Å². The van der Waals surface area contributed by atoms with E-state index in [1.54, 1.807) is 24.3 Å². The molecule has 0 saturated carbocycles. The van der Waals surface area contributed by atoms with Crippen molar-refractivity contribution >= 4 is 17.6 Å². The topological polar surface area (TPSA) is 81.4 Å². The number of rotatable bonds is 5. The second-order valence-electron chi connectivity index (χ2n) is 4.46. The Morgan fingerprint density at radius 2 is 1.67 bits per heavy atom.